The number of sulfone groups is 1. The first kappa shape index (κ1) is 18.4. The Morgan fingerprint density at radius 3 is 2.19 bits per heavy atom. The highest BCUT2D eigenvalue weighted by molar-refractivity contribution is 7.90. The molecular weight excluding hydrogens is 290 g/mol. The van der Waals surface area contributed by atoms with Gasteiger partial charge in [-0.3, -0.25) is 4.79 Å². The van der Waals surface area contributed by atoms with E-state index in [1.807, 2.05) is 0 Å². The number of nitrogens with two attached hydrogens (primary N) is 1. The van der Waals surface area contributed by atoms with Gasteiger partial charge < -0.3 is 16.4 Å². The summed E-state index contributed by atoms with van der Waals surface area (Å²) in [6.45, 7) is 8.43. The van der Waals surface area contributed by atoms with Crippen LogP contribution in [0.1, 0.15) is 47.0 Å². The second kappa shape index (κ2) is 6.22. The highest BCUT2D eigenvalue weighted by Crippen LogP contribution is 2.28. The molecular formula is C14H29N3O3S. The number of hydrogen-bond donors (Lipinski definition) is 3. The SMILES string of the molecule is CC1(C)CC(NC(=O)C(N)CCS(C)(=O)=O)CC(C)(C)N1. The molecule has 1 saturated heterocycles. The van der Waals surface area contributed by atoms with Gasteiger partial charge in [-0.1, -0.05) is 0 Å². The van der Waals surface area contributed by atoms with Gasteiger partial charge in [-0.05, 0) is 47.0 Å². The Kier molecular flexibility index (Phi) is 5.45. The number of rotatable bonds is 5. The molecule has 1 heterocycles. The Balaban J connectivity index is 2.57. The normalized spacial score (nSPS) is 23.5. The van der Waals surface area contributed by atoms with E-state index in [1.54, 1.807) is 0 Å². The molecule has 21 heavy (non-hydrogen) atoms. The van der Waals surface area contributed by atoms with Gasteiger partial charge in [0, 0.05) is 23.4 Å². The van der Waals surface area contributed by atoms with Crippen LogP contribution in [0, 0.1) is 0 Å². The van der Waals surface area contributed by atoms with Gasteiger partial charge in [-0.25, -0.2) is 8.42 Å². The Bertz CT molecular complexity index is 470. The summed E-state index contributed by atoms with van der Waals surface area (Å²) in [5.41, 5.74) is 5.67. The zero-order valence-corrected chi connectivity index (χ0v) is 14.5. The highest BCUT2D eigenvalue weighted by Gasteiger charge is 2.38. The summed E-state index contributed by atoms with van der Waals surface area (Å²) >= 11 is 0. The van der Waals surface area contributed by atoms with E-state index in [0.29, 0.717) is 0 Å². The van der Waals surface area contributed by atoms with E-state index in [0.717, 1.165) is 19.1 Å². The van der Waals surface area contributed by atoms with Crippen LogP contribution in [0.5, 0.6) is 0 Å². The quantitative estimate of drug-likeness (QED) is 0.671. The molecule has 0 bridgehead atoms. The molecule has 0 aromatic rings. The second-order valence-corrected chi connectivity index (χ2v) is 9.79. The third-order valence-corrected chi connectivity index (χ3v) is 4.65. The minimum atomic E-state index is -3.09. The van der Waals surface area contributed by atoms with Crippen LogP contribution < -0.4 is 16.4 Å². The average molecular weight is 319 g/mol. The van der Waals surface area contributed by atoms with E-state index in [2.05, 4.69) is 38.3 Å². The molecule has 0 aliphatic carbocycles. The van der Waals surface area contributed by atoms with Crippen molar-refractivity contribution in [2.75, 3.05) is 12.0 Å². The van der Waals surface area contributed by atoms with Crippen LogP contribution in [-0.2, 0) is 14.6 Å². The molecule has 0 saturated carbocycles. The van der Waals surface area contributed by atoms with E-state index in [1.165, 1.54) is 0 Å². The van der Waals surface area contributed by atoms with Gasteiger partial charge in [0.1, 0.15) is 9.84 Å². The van der Waals surface area contributed by atoms with Gasteiger partial charge in [-0.2, -0.15) is 0 Å². The molecule has 124 valence electrons. The van der Waals surface area contributed by atoms with Gasteiger partial charge in [0.15, 0.2) is 0 Å². The van der Waals surface area contributed by atoms with Crippen molar-refractivity contribution in [2.24, 2.45) is 5.73 Å². The van der Waals surface area contributed by atoms with Crippen LogP contribution in [-0.4, -0.2) is 49.5 Å². The minimum Gasteiger partial charge on any atom is -0.352 e. The van der Waals surface area contributed by atoms with Crippen LogP contribution in [0.3, 0.4) is 0 Å². The van der Waals surface area contributed by atoms with Crippen LogP contribution in [0.4, 0.5) is 0 Å². The fourth-order valence-corrected chi connectivity index (χ4v) is 3.89. The Labute approximate surface area is 128 Å². The number of piperidine rings is 1. The summed E-state index contributed by atoms with van der Waals surface area (Å²) in [5.74, 6) is -0.331. The van der Waals surface area contributed by atoms with Gasteiger partial charge in [-0.15, -0.1) is 0 Å². The molecule has 0 spiro atoms. The van der Waals surface area contributed by atoms with Crippen LogP contribution >= 0.6 is 0 Å². The van der Waals surface area contributed by atoms with E-state index < -0.39 is 15.9 Å². The number of carbonyl (C=O) groups excluding carboxylic acids is 1. The van der Waals surface area contributed by atoms with Crippen molar-refractivity contribution in [3.63, 3.8) is 0 Å². The van der Waals surface area contributed by atoms with Crippen molar-refractivity contribution in [3.05, 3.63) is 0 Å². The lowest BCUT2D eigenvalue weighted by Gasteiger charge is -2.46. The molecule has 0 aromatic heterocycles. The fourth-order valence-electron chi connectivity index (χ4n) is 3.20. The molecule has 1 aliphatic heterocycles. The lowest BCUT2D eigenvalue weighted by molar-refractivity contribution is -0.123. The Morgan fingerprint density at radius 2 is 1.76 bits per heavy atom. The number of hydrogen-bond acceptors (Lipinski definition) is 5. The zero-order valence-electron chi connectivity index (χ0n) is 13.7. The Morgan fingerprint density at radius 1 is 1.29 bits per heavy atom. The summed E-state index contributed by atoms with van der Waals surface area (Å²) in [4.78, 5) is 12.1. The molecule has 0 aromatic carbocycles. The Hall–Kier alpha value is -0.660. The average Bonchev–Trinajstić information content (AvgIpc) is 2.19. The van der Waals surface area contributed by atoms with Crippen molar-refractivity contribution < 1.29 is 13.2 Å². The van der Waals surface area contributed by atoms with Crippen molar-refractivity contribution in [1.29, 1.82) is 0 Å². The van der Waals surface area contributed by atoms with Gasteiger partial charge in [0.25, 0.3) is 0 Å². The van der Waals surface area contributed by atoms with Crippen molar-refractivity contribution in [3.8, 4) is 0 Å². The molecule has 1 atom stereocenters. The van der Waals surface area contributed by atoms with Crippen LogP contribution in [0.15, 0.2) is 0 Å². The molecule has 1 fully saturated rings. The van der Waals surface area contributed by atoms with Crippen LogP contribution in [0.25, 0.3) is 0 Å². The fraction of sp³-hybridized carbons (Fsp3) is 0.929. The maximum atomic E-state index is 12.1. The van der Waals surface area contributed by atoms with Gasteiger partial charge in [0.2, 0.25) is 5.91 Å². The summed E-state index contributed by atoms with van der Waals surface area (Å²) in [7, 11) is -3.09. The third kappa shape index (κ3) is 6.76. The van der Waals surface area contributed by atoms with Crippen molar-refractivity contribution in [1.82, 2.24) is 10.6 Å². The van der Waals surface area contributed by atoms with Gasteiger partial charge in [0.05, 0.1) is 11.8 Å². The first-order valence-electron chi connectivity index (χ1n) is 7.33. The molecule has 1 amide bonds. The summed E-state index contributed by atoms with van der Waals surface area (Å²) in [6, 6.07) is -0.728. The van der Waals surface area contributed by atoms with E-state index in [4.69, 9.17) is 5.73 Å². The maximum absolute atomic E-state index is 12.1. The number of amides is 1. The third-order valence-electron chi connectivity index (χ3n) is 3.67. The summed E-state index contributed by atoms with van der Waals surface area (Å²) in [6.07, 6.45) is 2.94. The predicted molar refractivity (Wildman–Crippen MR) is 84.8 cm³/mol. The number of carbonyl (C=O) groups is 1. The lowest BCUT2D eigenvalue weighted by Crippen LogP contribution is -2.63. The van der Waals surface area contributed by atoms with E-state index in [-0.39, 0.29) is 35.2 Å². The summed E-state index contributed by atoms with van der Waals surface area (Å²) in [5, 5.41) is 6.51. The highest BCUT2D eigenvalue weighted by atomic mass is 32.2. The maximum Gasteiger partial charge on any atom is 0.237 e. The van der Waals surface area contributed by atoms with Crippen molar-refractivity contribution in [2.45, 2.75) is 70.1 Å². The largest absolute Gasteiger partial charge is 0.352 e. The smallest absolute Gasteiger partial charge is 0.237 e. The lowest BCUT2D eigenvalue weighted by atomic mass is 9.79. The molecule has 7 heteroatoms. The predicted octanol–water partition coefficient (Wildman–Crippen LogP) is 0.174. The topological polar surface area (TPSA) is 101 Å². The molecule has 1 rings (SSSR count). The van der Waals surface area contributed by atoms with Crippen LogP contribution in [0.2, 0.25) is 0 Å². The summed E-state index contributed by atoms with van der Waals surface area (Å²) < 4.78 is 22.2. The minimum absolute atomic E-state index is 0.0491. The van der Waals surface area contributed by atoms with E-state index >= 15 is 0 Å². The van der Waals surface area contributed by atoms with E-state index in [9.17, 15) is 13.2 Å². The number of nitrogens with one attached hydrogen (secondary N) is 2. The first-order valence-corrected chi connectivity index (χ1v) is 9.39. The van der Waals surface area contributed by atoms with Gasteiger partial charge >= 0.3 is 0 Å². The molecule has 1 aliphatic rings. The van der Waals surface area contributed by atoms with Crippen molar-refractivity contribution >= 4 is 15.7 Å². The second-order valence-electron chi connectivity index (χ2n) is 7.53. The molecule has 1 unspecified atom stereocenters. The first-order chi connectivity index (χ1) is 9.30. The monoisotopic (exact) mass is 319 g/mol. The molecule has 0 radical (unpaired) electrons. The zero-order chi connectivity index (χ0) is 16.5. The standard InChI is InChI=1S/C14H29N3O3S/c1-13(2)8-10(9-14(3,4)17-13)16-12(18)11(15)6-7-21(5,19)20/h10-11,17H,6-9,15H2,1-5H3,(H,16,18). The molecule has 4 N–H and O–H groups in total. The molecule has 6 nitrogen and oxygen atoms in total.